The van der Waals surface area contributed by atoms with Crippen molar-refractivity contribution in [2.75, 3.05) is 18.0 Å². The van der Waals surface area contributed by atoms with E-state index in [9.17, 15) is 5.11 Å². The average Bonchev–Trinajstić information content (AvgIpc) is 2.37. The number of phenols is 1. The summed E-state index contributed by atoms with van der Waals surface area (Å²) < 4.78 is 0. The number of anilines is 1. The lowest BCUT2D eigenvalue weighted by Crippen LogP contribution is -2.21. The molecule has 0 saturated carbocycles. The van der Waals surface area contributed by atoms with E-state index in [1.165, 1.54) is 0 Å². The molecule has 1 rings (SSSR count). The van der Waals surface area contributed by atoms with Crippen molar-refractivity contribution in [2.45, 2.75) is 46.1 Å². The predicted octanol–water partition coefficient (Wildman–Crippen LogP) is 3.85. The van der Waals surface area contributed by atoms with Crippen LogP contribution < -0.4 is 10.6 Å². The van der Waals surface area contributed by atoms with Gasteiger partial charge in [0.25, 0.3) is 0 Å². The molecule has 3 N–H and O–H groups in total. The van der Waals surface area contributed by atoms with Crippen LogP contribution in [-0.2, 0) is 0 Å². The highest BCUT2D eigenvalue weighted by Crippen LogP contribution is 2.30. The molecule has 0 aliphatic heterocycles. The molecule has 110 valence electrons. The van der Waals surface area contributed by atoms with Gasteiger partial charge in [0.1, 0.15) is 5.75 Å². The van der Waals surface area contributed by atoms with Crippen LogP contribution in [0.4, 0.5) is 5.69 Å². The molecule has 0 aliphatic carbocycles. The maximum atomic E-state index is 10.1. The zero-order chi connectivity index (χ0) is 13.5. The molecule has 0 spiro atoms. The number of halogens is 1. The molecule has 0 aromatic heterocycles. The van der Waals surface area contributed by atoms with Crippen molar-refractivity contribution >= 4 is 18.1 Å². The number of rotatable bonds is 7. The molecule has 0 heterocycles. The van der Waals surface area contributed by atoms with Gasteiger partial charge in [-0.05, 0) is 26.3 Å². The number of nitrogens with zero attached hydrogens (tertiary/aromatic N) is 1. The van der Waals surface area contributed by atoms with E-state index < -0.39 is 0 Å². The minimum absolute atomic E-state index is 0. The number of nitrogens with two attached hydrogens (primary N) is 1. The molecule has 1 aromatic rings. The van der Waals surface area contributed by atoms with Crippen LogP contribution in [0.5, 0.6) is 5.75 Å². The molecule has 19 heavy (non-hydrogen) atoms. The van der Waals surface area contributed by atoms with Crippen LogP contribution in [0, 0.1) is 0 Å². The number of phenolic OH excluding ortho intramolecular Hbond substituents is 1. The van der Waals surface area contributed by atoms with E-state index in [-0.39, 0.29) is 18.4 Å². The Kier molecular flexibility index (Phi) is 8.61. The Hall–Kier alpha value is -0.930. The van der Waals surface area contributed by atoms with Gasteiger partial charge in [-0.25, -0.2) is 0 Å². The fourth-order valence-electron chi connectivity index (χ4n) is 2.21. The smallest absolute Gasteiger partial charge is 0.122 e. The second-order valence-electron chi connectivity index (χ2n) is 4.66. The highest BCUT2D eigenvalue weighted by Gasteiger charge is 2.12. The molecule has 0 unspecified atom stereocenters. The molecule has 1 aromatic carbocycles. The molecular formula is C15H27ClN2O. The van der Waals surface area contributed by atoms with E-state index in [1.54, 1.807) is 0 Å². The molecule has 0 radical (unpaired) electrons. The van der Waals surface area contributed by atoms with Crippen molar-refractivity contribution in [1.82, 2.24) is 0 Å². The standard InChI is InChI=1S/C15H26N2O.ClH/c1-4-7-8-14(16)13-10-9-12(11-15(13)18)17(5-2)6-3;/h9-11,14,18H,4-8,16H2,1-3H3;1H/t14-;/m1./s1. The van der Waals surface area contributed by atoms with Crippen molar-refractivity contribution in [3.63, 3.8) is 0 Å². The number of aromatic hydroxyl groups is 1. The van der Waals surface area contributed by atoms with Crippen molar-refractivity contribution in [3.8, 4) is 5.75 Å². The normalized spacial score (nSPS) is 11.8. The Labute approximate surface area is 123 Å². The summed E-state index contributed by atoms with van der Waals surface area (Å²) in [5.41, 5.74) is 8.02. The van der Waals surface area contributed by atoms with Gasteiger partial charge in [-0.1, -0.05) is 25.8 Å². The molecule has 0 bridgehead atoms. The van der Waals surface area contributed by atoms with Crippen molar-refractivity contribution in [2.24, 2.45) is 5.73 Å². The number of hydrogen-bond acceptors (Lipinski definition) is 3. The molecule has 0 saturated heterocycles. The topological polar surface area (TPSA) is 49.5 Å². The van der Waals surface area contributed by atoms with Gasteiger partial charge in [0.2, 0.25) is 0 Å². The quantitative estimate of drug-likeness (QED) is 0.800. The lowest BCUT2D eigenvalue weighted by molar-refractivity contribution is 0.456. The lowest BCUT2D eigenvalue weighted by Gasteiger charge is -2.22. The predicted molar refractivity (Wildman–Crippen MR) is 85.4 cm³/mol. The number of hydrogen-bond donors (Lipinski definition) is 2. The summed E-state index contributed by atoms with van der Waals surface area (Å²) in [6.45, 7) is 8.26. The summed E-state index contributed by atoms with van der Waals surface area (Å²) in [4.78, 5) is 2.21. The minimum atomic E-state index is -0.0595. The van der Waals surface area contributed by atoms with Crippen LogP contribution >= 0.6 is 12.4 Å². The Morgan fingerprint density at radius 1 is 1.21 bits per heavy atom. The SMILES string of the molecule is CCCC[C@@H](N)c1ccc(N(CC)CC)cc1O.Cl. The van der Waals surface area contributed by atoms with Crippen LogP contribution in [0.25, 0.3) is 0 Å². The lowest BCUT2D eigenvalue weighted by atomic mass is 10.0. The van der Waals surface area contributed by atoms with Crippen LogP contribution in [-0.4, -0.2) is 18.2 Å². The van der Waals surface area contributed by atoms with Crippen molar-refractivity contribution < 1.29 is 5.11 Å². The number of unbranched alkanes of at least 4 members (excludes halogenated alkanes) is 1. The summed E-state index contributed by atoms with van der Waals surface area (Å²) >= 11 is 0. The van der Waals surface area contributed by atoms with Crippen LogP contribution in [0.1, 0.15) is 51.6 Å². The van der Waals surface area contributed by atoms with Crippen LogP contribution in [0.15, 0.2) is 18.2 Å². The van der Waals surface area contributed by atoms with Gasteiger partial charge < -0.3 is 15.7 Å². The number of benzene rings is 1. The maximum Gasteiger partial charge on any atom is 0.122 e. The fraction of sp³-hybridized carbons (Fsp3) is 0.600. The first-order chi connectivity index (χ1) is 8.63. The first-order valence-electron chi connectivity index (χ1n) is 6.97. The average molecular weight is 287 g/mol. The zero-order valence-corrected chi connectivity index (χ0v) is 13.0. The van der Waals surface area contributed by atoms with Gasteiger partial charge in [0.05, 0.1) is 0 Å². The van der Waals surface area contributed by atoms with E-state index in [2.05, 4.69) is 25.7 Å². The highest BCUT2D eigenvalue weighted by atomic mass is 35.5. The summed E-state index contributed by atoms with van der Waals surface area (Å²) in [5.74, 6) is 0.322. The first kappa shape index (κ1) is 18.1. The first-order valence-corrected chi connectivity index (χ1v) is 6.97. The third-order valence-electron chi connectivity index (χ3n) is 3.41. The highest BCUT2D eigenvalue weighted by molar-refractivity contribution is 5.85. The van der Waals surface area contributed by atoms with Gasteiger partial charge in [0.15, 0.2) is 0 Å². The minimum Gasteiger partial charge on any atom is -0.508 e. The van der Waals surface area contributed by atoms with Gasteiger partial charge in [-0.15, -0.1) is 12.4 Å². The maximum absolute atomic E-state index is 10.1. The zero-order valence-electron chi connectivity index (χ0n) is 12.2. The third-order valence-corrected chi connectivity index (χ3v) is 3.41. The molecular weight excluding hydrogens is 260 g/mol. The molecule has 4 heteroatoms. The largest absolute Gasteiger partial charge is 0.508 e. The van der Waals surface area contributed by atoms with Gasteiger partial charge in [0, 0.05) is 36.4 Å². The van der Waals surface area contributed by atoms with E-state index in [4.69, 9.17) is 5.73 Å². The van der Waals surface area contributed by atoms with Crippen molar-refractivity contribution in [1.29, 1.82) is 0 Å². The van der Waals surface area contributed by atoms with Crippen LogP contribution in [0.3, 0.4) is 0 Å². The Morgan fingerprint density at radius 3 is 2.32 bits per heavy atom. The molecule has 1 atom stereocenters. The second kappa shape index (κ2) is 9.05. The van der Waals surface area contributed by atoms with Gasteiger partial charge in [-0.2, -0.15) is 0 Å². The Bertz CT molecular complexity index is 367. The fourth-order valence-corrected chi connectivity index (χ4v) is 2.21. The van der Waals surface area contributed by atoms with E-state index in [0.717, 1.165) is 43.6 Å². The molecule has 0 amide bonds. The van der Waals surface area contributed by atoms with Crippen molar-refractivity contribution in [3.05, 3.63) is 23.8 Å². The summed E-state index contributed by atoms with van der Waals surface area (Å²) in [5, 5.41) is 10.1. The second-order valence-corrected chi connectivity index (χ2v) is 4.66. The monoisotopic (exact) mass is 286 g/mol. The third kappa shape index (κ3) is 4.92. The van der Waals surface area contributed by atoms with E-state index in [1.807, 2.05) is 18.2 Å². The Morgan fingerprint density at radius 2 is 1.84 bits per heavy atom. The van der Waals surface area contributed by atoms with Crippen LogP contribution in [0.2, 0.25) is 0 Å². The summed E-state index contributed by atoms with van der Waals surface area (Å²) in [7, 11) is 0. The van der Waals surface area contributed by atoms with E-state index in [0.29, 0.717) is 5.75 Å². The van der Waals surface area contributed by atoms with Gasteiger partial charge in [-0.3, -0.25) is 0 Å². The van der Waals surface area contributed by atoms with Gasteiger partial charge >= 0.3 is 0 Å². The molecule has 3 nitrogen and oxygen atoms in total. The Balaban J connectivity index is 0.00000324. The summed E-state index contributed by atoms with van der Waals surface area (Å²) in [6, 6.07) is 5.78. The van der Waals surface area contributed by atoms with E-state index >= 15 is 0 Å². The summed E-state index contributed by atoms with van der Waals surface area (Å²) in [6.07, 6.45) is 3.15. The molecule has 0 fully saturated rings. The molecule has 0 aliphatic rings.